The third kappa shape index (κ3) is 19.1. The van der Waals surface area contributed by atoms with Crippen molar-refractivity contribution in [3.8, 4) is 47.4 Å². The Labute approximate surface area is 719 Å². The first kappa shape index (κ1) is 84.2. The topological polar surface area (TPSA) is 247 Å². The van der Waals surface area contributed by atoms with Gasteiger partial charge in [-0.25, -0.2) is 9.97 Å². The number of piperidine rings is 2. The van der Waals surface area contributed by atoms with Gasteiger partial charge >= 0.3 is 0 Å². The number of carbonyl (C=O) groups excluding carboxylic acids is 4. The number of halogens is 4. The van der Waals surface area contributed by atoms with E-state index in [4.69, 9.17) is 80.3 Å². The van der Waals surface area contributed by atoms with Crippen molar-refractivity contribution in [1.82, 2.24) is 49.8 Å². The summed E-state index contributed by atoms with van der Waals surface area (Å²) in [5, 5.41) is 2.09. The molecule has 18 rings (SSSR count). The second-order valence-electron chi connectivity index (χ2n) is 30.2. The lowest BCUT2D eigenvalue weighted by atomic mass is 9.94. The number of aromatic nitrogens is 10. The van der Waals surface area contributed by atoms with Crippen LogP contribution >= 0.6 is 46.4 Å². The molecule has 6 fully saturated rings. The van der Waals surface area contributed by atoms with Crippen LogP contribution in [-0.2, 0) is 44.6 Å². The Hall–Kier alpha value is -10.9. The predicted octanol–water partition coefficient (Wildman–Crippen LogP) is 15.6. The van der Waals surface area contributed by atoms with Gasteiger partial charge in [0, 0.05) is 105 Å². The van der Waals surface area contributed by atoms with Gasteiger partial charge in [0.25, 0.3) is 0 Å². The molecule has 10 aliphatic rings. The average molecular weight is 1690 g/mol. The van der Waals surface area contributed by atoms with Crippen LogP contribution in [0, 0.1) is 47.4 Å². The van der Waals surface area contributed by atoms with Gasteiger partial charge in [-0.2, -0.15) is 0 Å². The fraction of sp³-hybridized carbons (Fsp3) is 0.383. The maximum Gasteiger partial charge on any atom is 0.220 e. The summed E-state index contributed by atoms with van der Waals surface area (Å²) in [6.07, 6.45) is 27.3. The number of carbonyl (C=O) groups is 4. The van der Waals surface area contributed by atoms with E-state index in [0.29, 0.717) is 149 Å². The number of allylic oxidation sites excluding steroid dienone is 8. The van der Waals surface area contributed by atoms with Crippen molar-refractivity contribution in [2.24, 2.45) is 0 Å². The number of ketones is 4. The Bertz CT molecular complexity index is 5340. The Morgan fingerprint density at radius 2 is 0.742 bits per heavy atom. The molecule has 22 nitrogen and oxygen atoms in total. The molecule has 4 aliphatic carbocycles. The van der Waals surface area contributed by atoms with Gasteiger partial charge in [-0.1, -0.05) is 121 Å². The zero-order valence-corrected chi connectivity index (χ0v) is 70.7. The molecule has 120 heavy (non-hydrogen) atoms. The van der Waals surface area contributed by atoms with E-state index in [-0.39, 0.29) is 29.1 Å². The quantitative estimate of drug-likeness (QED) is 0.0918. The molecule has 0 radical (unpaired) electrons. The van der Waals surface area contributed by atoms with Crippen LogP contribution in [-0.4, -0.2) is 178 Å². The largest absolute Gasteiger partial charge is 0.380 e. The highest BCUT2D eigenvalue weighted by Gasteiger charge is 2.35. The zero-order chi connectivity index (χ0) is 83.2. The number of nitrogens with zero attached hydrogens (tertiary/aromatic N) is 14. The number of hydrogen-bond acceptors (Lipinski definition) is 22. The molecule has 0 atom stereocenters. The molecular formula is C94H90Cl4N14O8. The molecule has 612 valence electrons. The van der Waals surface area contributed by atoms with Crippen LogP contribution in [0.4, 0.5) is 23.0 Å². The molecule has 0 unspecified atom stereocenters. The summed E-state index contributed by atoms with van der Waals surface area (Å²) in [4.78, 5) is 105. The molecule has 6 aliphatic heterocycles. The lowest BCUT2D eigenvalue weighted by Gasteiger charge is -2.32. The van der Waals surface area contributed by atoms with Gasteiger partial charge in [0.05, 0.1) is 198 Å². The molecule has 26 heteroatoms. The molecule has 8 aromatic heterocycles. The summed E-state index contributed by atoms with van der Waals surface area (Å²) in [7, 11) is 0. The van der Waals surface area contributed by atoms with Crippen molar-refractivity contribution in [1.29, 1.82) is 0 Å². The maximum atomic E-state index is 12.9. The van der Waals surface area contributed by atoms with Crippen LogP contribution in [0.1, 0.15) is 202 Å². The number of rotatable bonds is 14. The van der Waals surface area contributed by atoms with Gasteiger partial charge in [0.1, 0.15) is 34.4 Å². The lowest BCUT2D eigenvalue weighted by Crippen LogP contribution is -2.36. The number of pyridine rings is 6. The maximum absolute atomic E-state index is 12.9. The van der Waals surface area contributed by atoms with Crippen molar-refractivity contribution >= 4 is 115 Å². The molecule has 0 spiro atoms. The van der Waals surface area contributed by atoms with Gasteiger partial charge in [0.15, 0.2) is 0 Å². The molecule has 0 aromatic carbocycles. The summed E-state index contributed by atoms with van der Waals surface area (Å²) in [6, 6.07) is 13.5. The first-order valence-corrected chi connectivity index (χ1v) is 42.8. The van der Waals surface area contributed by atoms with Gasteiger partial charge in [-0.3, -0.25) is 59.0 Å². The van der Waals surface area contributed by atoms with Crippen molar-refractivity contribution in [2.45, 2.75) is 129 Å². The number of ether oxygens (including phenoxy) is 4. The molecule has 6 saturated heterocycles. The Morgan fingerprint density at radius 1 is 0.358 bits per heavy atom. The first-order valence-electron chi connectivity index (χ1n) is 41.3. The summed E-state index contributed by atoms with van der Waals surface area (Å²) in [5.41, 5.74) is 18.6. The van der Waals surface area contributed by atoms with Crippen LogP contribution in [0.25, 0.3) is 22.3 Å². The molecule has 14 heterocycles. The van der Waals surface area contributed by atoms with Crippen LogP contribution < -0.4 is 19.6 Å². The number of morpholine rings is 2. The van der Waals surface area contributed by atoms with Gasteiger partial charge in [-0.05, 0) is 135 Å². The summed E-state index contributed by atoms with van der Waals surface area (Å²) in [5.74, 6) is 26.9. The molecule has 0 N–H and O–H groups in total. The summed E-state index contributed by atoms with van der Waals surface area (Å²) >= 11 is 24.3. The van der Waals surface area contributed by atoms with Crippen molar-refractivity contribution in [3.05, 3.63) is 220 Å². The SMILES string of the molecule is CCC1=C(C#CCc2ccc(N3CCOCC3)cn2)C(=O)c2ncc(Cl)cc21.CCC1=C(C#CCc2cnc(N3CCCCC3)cn2)C(=O)c2ncc(Cl)cc21.CCC1=C(C#CCc2ncc(N3CCCCC3)nc2C2COC2)C(=O)c2ncc(Cl)cc21.CCC1=C(C#CCc2ncc(N3CCOCC3)cc2C2COC2)C(=O)c2ncc(Cl)cc21. The van der Waals surface area contributed by atoms with E-state index in [9.17, 15) is 19.2 Å². The van der Waals surface area contributed by atoms with Gasteiger partial charge in [0.2, 0.25) is 23.1 Å². The van der Waals surface area contributed by atoms with Crippen LogP contribution in [0.15, 0.2) is 121 Å². The van der Waals surface area contributed by atoms with Crippen LogP contribution in [0.2, 0.25) is 20.1 Å². The third-order valence-electron chi connectivity index (χ3n) is 22.6. The second kappa shape index (κ2) is 39.6. The molecular weight excluding hydrogens is 1590 g/mol. The monoisotopic (exact) mass is 1680 g/mol. The standard InChI is InChI=1S/C25H25ClN4O2.C25H24ClN3O3.C22H21ClN4O.C22H20ClN3O2/c1-2-18-19(25(31)24-20(18)11-17(26)12-28-24)7-6-8-21-23(16-14-32-15-16)29-22(13-27-21)30-9-4-3-5-10-30;1-2-19-20(25(30)24-22(19)10-17(26)12-28-24)4-3-5-23-21(16-14-32-15-16)11-18(13-27-23)29-6-8-31-9-7-29;1-2-17-18(22(28)21-19(17)11-15(23)12-26-21)8-6-7-16-13-25-20(14-24-16)27-9-4-3-5-10-27;1-2-18-19(22(27)21-20(18)12-15(23)13-25-21)5-3-4-16-6-7-17(14-24-16)26-8-10-28-11-9-26/h11-13,16H,2-5,8-10,14-15H2,1H3;10-13,16H,2,5-9,14-15H2,1H3;11-14H,2-5,7,9-10H2,1H3;6-7,12-14H,2,4,8-11H2,1H3. The number of fused-ring (bicyclic) bond motifs is 4. The summed E-state index contributed by atoms with van der Waals surface area (Å²) in [6.45, 7) is 21.4. The normalized spacial score (nSPS) is 17.3. The van der Waals surface area contributed by atoms with E-state index < -0.39 is 0 Å². The Morgan fingerprint density at radius 3 is 1.14 bits per heavy atom. The molecule has 0 amide bonds. The fourth-order valence-electron chi connectivity index (χ4n) is 16.1. The average Bonchev–Trinajstić information content (AvgIpc) is 1.62. The predicted molar refractivity (Wildman–Crippen MR) is 467 cm³/mol. The number of Topliss-reactive ketones (excluding diaryl/α,β-unsaturated/α-hetero) is 4. The summed E-state index contributed by atoms with van der Waals surface area (Å²) < 4.78 is 21.7. The number of hydrogen-bond donors (Lipinski definition) is 0. The van der Waals surface area contributed by atoms with E-state index >= 15 is 0 Å². The highest BCUT2D eigenvalue weighted by Crippen LogP contribution is 2.40. The molecule has 0 bridgehead atoms. The van der Waals surface area contributed by atoms with Crippen molar-refractivity contribution < 1.29 is 38.1 Å². The van der Waals surface area contributed by atoms with Crippen LogP contribution in [0.5, 0.6) is 0 Å². The van der Waals surface area contributed by atoms with Crippen molar-refractivity contribution in [2.75, 3.05) is 125 Å². The minimum atomic E-state index is -0.125. The van der Waals surface area contributed by atoms with E-state index in [1.54, 1.807) is 30.5 Å². The molecule has 0 saturated carbocycles. The minimum Gasteiger partial charge on any atom is -0.380 e. The van der Waals surface area contributed by atoms with E-state index in [1.807, 2.05) is 58.5 Å². The highest BCUT2D eigenvalue weighted by molar-refractivity contribution is 6.33. The first-order chi connectivity index (χ1) is 58.6. The minimum absolute atomic E-state index is 0.119. The third-order valence-corrected chi connectivity index (χ3v) is 23.4. The Kier molecular flexibility index (Phi) is 27.7. The van der Waals surface area contributed by atoms with E-state index in [1.165, 1.54) is 68.9 Å². The fourth-order valence-corrected chi connectivity index (χ4v) is 16.7. The highest BCUT2D eigenvalue weighted by atomic mass is 35.5. The zero-order valence-electron chi connectivity index (χ0n) is 67.6. The van der Waals surface area contributed by atoms with E-state index in [2.05, 4.69) is 114 Å². The smallest absolute Gasteiger partial charge is 0.220 e. The second-order valence-corrected chi connectivity index (χ2v) is 31.9. The van der Waals surface area contributed by atoms with E-state index in [0.717, 1.165) is 175 Å². The number of anilines is 4. The van der Waals surface area contributed by atoms with Gasteiger partial charge in [-0.15, -0.1) is 0 Å². The van der Waals surface area contributed by atoms with Crippen LogP contribution in [0.3, 0.4) is 0 Å². The van der Waals surface area contributed by atoms with Gasteiger partial charge < -0.3 is 38.5 Å². The Balaban J connectivity index is 0.000000125. The van der Waals surface area contributed by atoms with Crippen molar-refractivity contribution in [3.63, 3.8) is 0 Å². The molecule has 8 aromatic rings. The lowest BCUT2D eigenvalue weighted by molar-refractivity contribution is 0.00623.